The molecular weight excluding hydrogens is 244 g/mol. The van der Waals surface area contributed by atoms with Crippen molar-refractivity contribution in [2.24, 2.45) is 0 Å². The third-order valence-corrected chi connectivity index (χ3v) is 2.48. The van der Waals surface area contributed by atoms with Crippen LogP contribution in [0.5, 0.6) is 11.5 Å². The van der Waals surface area contributed by atoms with Crippen LogP contribution in [0.25, 0.3) is 0 Å². The second kappa shape index (κ2) is 7.63. The predicted octanol–water partition coefficient (Wildman–Crippen LogP) is 1.32. The van der Waals surface area contributed by atoms with E-state index >= 15 is 0 Å². The van der Waals surface area contributed by atoms with Crippen LogP contribution < -0.4 is 20.1 Å². The second-order valence-electron chi connectivity index (χ2n) is 4.55. The molecule has 0 spiro atoms. The highest BCUT2D eigenvalue weighted by Gasteiger charge is 2.04. The lowest BCUT2D eigenvalue weighted by Gasteiger charge is -2.11. The summed E-state index contributed by atoms with van der Waals surface area (Å²) in [6.45, 7) is 4.74. The molecule has 0 saturated carbocycles. The van der Waals surface area contributed by atoms with Gasteiger partial charge in [0.25, 0.3) is 0 Å². The number of hydrogen-bond donors (Lipinski definition) is 2. The van der Waals surface area contributed by atoms with Crippen molar-refractivity contribution in [2.75, 3.05) is 20.8 Å². The minimum absolute atomic E-state index is 0.00939. The molecule has 0 aliphatic carbocycles. The van der Waals surface area contributed by atoms with E-state index in [1.165, 1.54) is 0 Å². The van der Waals surface area contributed by atoms with Gasteiger partial charge in [0.15, 0.2) is 0 Å². The van der Waals surface area contributed by atoms with Gasteiger partial charge in [0.1, 0.15) is 11.5 Å². The van der Waals surface area contributed by atoms with Crippen molar-refractivity contribution in [1.29, 1.82) is 0 Å². The fourth-order valence-electron chi connectivity index (χ4n) is 1.66. The number of hydrogen-bond acceptors (Lipinski definition) is 4. The Kier molecular flexibility index (Phi) is 6.15. The maximum absolute atomic E-state index is 11.5. The number of ether oxygens (including phenoxy) is 2. The smallest absolute Gasteiger partial charge is 0.234 e. The fourth-order valence-corrected chi connectivity index (χ4v) is 1.66. The Balaban J connectivity index is 2.50. The van der Waals surface area contributed by atoms with Crippen molar-refractivity contribution in [3.05, 3.63) is 23.8 Å². The van der Waals surface area contributed by atoms with Crippen molar-refractivity contribution in [2.45, 2.75) is 26.4 Å². The Morgan fingerprint density at radius 3 is 2.21 bits per heavy atom. The molecule has 2 N–H and O–H groups in total. The van der Waals surface area contributed by atoms with Crippen LogP contribution in [0.15, 0.2) is 18.2 Å². The lowest BCUT2D eigenvalue weighted by Crippen LogP contribution is -2.37. The average molecular weight is 266 g/mol. The Bertz CT molecular complexity index is 397. The molecule has 5 nitrogen and oxygen atoms in total. The molecule has 5 heteroatoms. The van der Waals surface area contributed by atoms with Gasteiger partial charge in [0.05, 0.1) is 20.8 Å². The number of carbonyl (C=O) groups is 1. The third-order valence-electron chi connectivity index (χ3n) is 2.48. The summed E-state index contributed by atoms with van der Waals surface area (Å²) in [6, 6.07) is 5.80. The number of methoxy groups -OCH3 is 2. The highest BCUT2D eigenvalue weighted by atomic mass is 16.5. The van der Waals surface area contributed by atoms with Crippen LogP contribution in [0.3, 0.4) is 0 Å². The lowest BCUT2D eigenvalue weighted by atomic mass is 10.2. The van der Waals surface area contributed by atoms with Crippen molar-refractivity contribution in [3.8, 4) is 11.5 Å². The fraction of sp³-hybridized carbons (Fsp3) is 0.500. The number of rotatable bonds is 7. The molecule has 0 radical (unpaired) electrons. The molecule has 0 aromatic heterocycles. The number of amides is 1. The normalized spacial score (nSPS) is 10.4. The van der Waals surface area contributed by atoms with Crippen LogP contribution in [-0.4, -0.2) is 32.7 Å². The van der Waals surface area contributed by atoms with Crippen LogP contribution in [-0.2, 0) is 11.3 Å². The summed E-state index contributed by atoms with van der Waals surface area (Å²) >= 11 is 0. The quantitative estimate of drug-likeness (QED) is 0.781. The van der Waals surface area contributed by atoms with E-state index in [0.717, 1.165) is 17.1 Å². The number of nitrogens with one attached hydrogen (secondary N) is 2. The summed E-state index contributed by atoms with van der Waals surface area (Å²) in [4.78, 5) is 11.5. The van der Waals surface area contributed by atoms with Gasteiger partial charge in [-0.05, 0) is 31.5 Å². The molecule has 1 aromatic carbocycles. The molecule has 0 aliphatic rings. The van der Waals surface area contributed by atoms with E-state index in [0.29, 0.717) is 6.54 Å². The third kappa shape index (κ3) is 5.61. The van der Waals surface area contributed by atoms with Crippen molar-refractivity contribution in [3.63, 3.8) is 0 Å². The van der Waals surface area contributed by atoms with E-state index < -0.39 is 0 Å². The van der Waals surface area contributed by atoms with Gasteiger partial charge in [-0.2, -0.15) is 0 Å². The maximum atomic E-state index is 11.5. The first-order valence-electron chi connectivity index (χ1n) is 6.27. The van der Waals surface area contributed by atoms with E-state index in [-0.39, 0.29) is 18.5 Å². The first-order valence-corrected chi connectivity index (χ1v) is 6.27. The van der Waals surface area contributed by atoms with Gasteiger partial charge in [0, 0.05) is 18.7 Å². The Morgan fingerprint density at radius 1 is 1.16 bits per heavy atom. The van der Waals surface area contributed by atoms with Gasteiger partial charge in [-0.1, -0.05) is 0 Å². The number of benzene rings is 1. The average Bonchev–Trinajstić information content (AvgIpc) is 2.37. The molecule has 0 atom stereocenters. The molecular formula is C14H22N2O3. The first kappa shape index (κ1) is 15.3. The van der Waals surface area contributed by atoms with Gasteiger partial charge in [-0.25, -0.2) is 0 Å². The SMILES string of the molecule is COc1cc(CNCC(=O)NC(C)C)cc(OC)c1. The van der Waals surface area contributed by atoms with Crippen LogP contribution in [0.4, 0.5) is 0 Å². The van der Waals surface area contributed by atoms with Crippen molar-refractivity contribution >= 4 is 5.91 Å². The summed E-state index contributed by atoms with van der Waals surface area (Å²) in [6.07, 6.45) is 0. The molecule has 19 heavy (non-hydrogen) atoms. The maximum Gasteiger partial charge on any atom is 0.234 e. The first-order chi connectivity index (χ1) is 9.05. The summed E-state index contributed by atoms with van der Waals surface area (Å²) in [5, 5.41) is 5.91. The molecule has 0 unspecified atom stereocenters. The molecule has 0 aliphatic heterocycles. The zero-order chi connectivity index (χ0) is 14.3. The molecule has 0 saturated heterocycles. The van der Waals surface area contributed by atoms with Crippen LogP contribution in [0, 0.1) is 0 Å². The molecule has 1 aromatic rings. The van der Waals surface area contributed by atoms with Gasteiger partial charge in [-0.3, -0.25) is 4.79 Å². The minimum Gasteiger partial charge on any atom is -0.497 e. The Hall–Kier alpha value is -1.75. The van der Waals surface area contributed by atoms with Crippen LogP contribution >= 0.6 is 0 Å². The summed E-state index contributed by atoms with van der Waals surface area (Å²) in [5.74, 6) is 1.47. The summed E-state index contributed by atoms with van der Waals surface area (Å²) < 4.78 is 10.4. The topological polar surface area (TPSA) is 59.6 Å². The Labute approximate surface area is 114 Å². The molecule has 0 heterocycles. The molecule has 1 rings (SSSR count). The number of carbonyl (C=O) groups excluding carboxylic acids is 1. The van der Waals surface area contributed by atoms with E-state index in [2.05, 4.69) is 10.6 Å². The summed E-state index contributed by atoms with van der Waals surface area (Å²) in [7, 11) is 3.23. The van der Waals surface area contributed by atoms with Gasteiger partial charge >= 0.3 is 0 Å². The molecule has 1 amide bonds. The molecule has 106 valence electrons. The highest BCUT2D eigenvalue weighted by Crippen LogP contribution is 2.22. The summed E-state index contributed by atoms with van der Waals surface area (Å²) in [5.41, 5.74) is 1.01. The van der Waals surface area contributed by atoms with Gasteiger partial charge in [-0.15, -0.1) is 0 Å². The lowest BCUT2D eigenvalue weighted by molar-refractivity contribution is -0.120. The van der Waals surface area contributed by atoms with Crippen LogP contribution in [0.2, 0.25) is 0 Å². The van der Waals surface area contributed by atoms with E-state index in [9.17, 15) is 4.79 Å². The van der Waals surface area contributed by atoms with Gasteiger partial charge in [0.2, 0.25) is 5.91 Å². The van der Waals surface area contributed by atoms with Gasteiger partial charge < -0.3 is 20.1 Å². The highest BCUT2D eigenvalue weighted by molar-refractivity contribution is 5.78. The van der Waals surface area contributed by atoms with E-state index in [4.69, 9.17) is 9.47 Å². The van der Waals surface area contributed by atoms with E-state index in [1.54, 1.807) is 14.2 Å². The monoisotopic (exact) mass is 266 g/mol. The molecule has 0 fully saturated rings. The second-order valence-corrected chi connectivity index (χ2v) is 4.55. The zero-order valence-corrected chi connectivity index (χ0v) is 11.9. The standard InChI is InChI=1S/C14H22N2O3/c1-10(2)16-14(17)9-15-8-11-5-12(18-3)7-13(6-11)19-4/h5-7,10,15H,8-9H2,1-4H3,(H,16,17). The predicted molar refractivity (Wildman–Crippen MR) is 74.5 cm³/mol. The van der Waals surface area contributed by atoms with E-state index in [1.807, 2.05) is 32.0 Å². The zero-order valence-electron chi connectivity index (χ0n) is 11.9. The minimum atomic E-state index is -0.00939. The molecule has 0 bridgehead atoms. The van der Waals surface area contributed by atoms with Crippen molar-refractivity contribution < 1.29 is 14.3 Å². The largest absolute Gasteiger partial charge is 0.497 e. The van der Waals surface area contributed by atoms with Crippen molar-refractivity contribution in [1.82, 2.24) is 10.6 Å². The van der Waals surface area contributed by atoms with Crippen LogP contribution in [0.1, 0.15) is 19.4 Å². The Morgan fingerprint density at radius 2 is 1.74 bits per heavy atom.